The Kier molecular flexibility index (Phi) is 4.39. The van der Waals surface area contributed by atoms with Crippen molar-refractivity contribution in [2.45, 2.75) is 32.7 Å². The highest BCUT2D eigenvalue weighted by Crippen LogP contribution is 2.26. The quantitative estimate of drug-likeness (QED) is 0.881. The average molecular weight is 276 g/mol. The van der Waals surface area contributed by atoms with Gasteiger partial charge in [0.15, 0.2) is 0 Å². The largest absolute Gasteiger partial charge is 0.478 e. The number of carboxylic acids is 1. The van der Waals surface area contributed by atoms with Crippen molar-refractivity contribution in [1.82, 2.24) is 9.55 Å². The molecule has 0 radical (unpaired) electrons. The molecule has 0 fully saturated rings. The molecule has 5 nitrogen and oxygen atoms in total. The van der Waals surface area contributed by atoms with Crippen LogP contribution in [0.15, 0.2) is 18.2 Å². The van der Waals surface area contributed by atoms with Crippen molar-refractivity contribution in [2.24, 2.45) is 0 Å². The number of methoxy groups -OCH3 is 1. The summed E-state index contributed by atoms with van der Waals surface area (Å²) >= 11 is 0. The summed E-state index contributed by atoms with van der Waals surface area (Å²) in [6.07, 6.45) is 1.59. The van der Waals surface area contributed by atoms with Gasteiger partial charge < -0.3 is 14.4 Å². The van der Waals surface area contributed by atoms with Crippen LogP contribution in [0.1, 0.15) is 42.5 Å². The number of fused-ring (bicyclic) bond motifs is 1. The monoisotopic (exact) mass is 276 g/mol. The molecule has 2 aromatic rings. The minimum Gasteiger partial charge on any atom is -0.478 e. The zero-order valence-electron chi connectivity index (χ0n) is 12.1. The number of para-hydroxylation sites is 1. The summed E-state index contributed by atoms with van der Waals surface area (Å²) in [5.41, 5.74) is 1.76. The first-order valence-electron chi connectivity index (χ1n) is 6.82. The molecule has 0 spiro atoms. The molecule has 0 bridgehead atoms. The molecule has 1 aromatic heterocycles. The van der Waals surface area contributed by atoms with Gasteiger partial charge in [-0.2, -0.15) is 0 Å². The van der Waals surface area contributed by atoms with E-state index >= 15 is 0 Å². The Morgan fingerprint density at radius 3 is 2.85 bits per heavy atom. The van der Waals surface area contributed by atoms with Gasteiger partial charge in [0.2, 0.25) is 0 Å². The molecule has 1 aromatic carbocycles. The van der Waals surface area contributed by atoms with Gasteiger partial charge in [-0.25, -0.2) is 9.78 Å². The predicted molar refractivity (Wildman–Crippen MR) is 77.3 cm³/mol. The molecule has 5 heteroatoms. The maximum Gasteiger partial charge on any atom is 0.337 e. The lowest BCUT2D eigenvalue weighted by atomic mass is 10.1. The van der Waals surface area contributed by atoms with Gasteiger partial charge >= 0.3 is 5.97 Å². The van der Waals surface area contributed by atoms with Crippen LogP contribution >= 0.6 is 0 Å². The fourth-order valence-electron chi connectivity index (χ4n) is 2.51. The fraction of sp³-hybridized carbons (Fsp3) is 0.467. The summed E-state index contributed by atoms with van der Waals surface area (Å²) in [5, 5.41) is 9.38. The summed E-state index contributed by atoms with van der Waals surface area (Å²) in [6, 6.07) is 5.38. The van der Waals surface area contributed by atoms with E-state index in [-0.39, 0.29) is 6.04 Å². The molecular formula is C15H20N2O3. The van der Waals surface area contributed by atoms with Crippen molar-refractivity contribution in [3.63, 3.8) is 0 Å². The van der Waals surface area contributed by atoms with E-state index in [1.807, 2.05) is 17.6 Å². The molecule has 0 aliphatic carbocycles. The predicted octanol–water partition coefficient (Wildman–Crippen LogP) is 2.89. The number of aromatic carboxylic acids is 1. The molecule has 0 amide bonds. The van der Waals surface area contributed by atoms with Crippen LogP contribution in [0, 0.1) is 0 Å². The normalized spacial score (nSPS) is 12.8. The Labute approximate surface area is 118 Å². The minimum absolute atomic E-state index is 0.149. The molecule has 0 saturated carbocycles. The molecule has 1 atom stereocenters. The third-order valence-corrected chi connectivity index (χ3v) is 3.51. The van der Waals surface area contributed by atoms with Gasteiger partial charge in [-0.15, -0.1) is 0 Å². The van der Waals surface area contributed by atoms with Crippen LogP contribution < -0.4 is 0 Å². The highest BCUT2D eigenvalue weighted by Gasteiger charge is 2.19. The summed E-state index contributed by atoms with van der Waals surface area (Å²) in [7, 11) is 1.67. The Morgan fingerprint density at radius 2 is 2.25 bits per heavy atom. The van der Waals surface area contributed by atoms with E-state index in [4.69, 9.17) is 4.74 Å². The number of carboxylic acid groups (broad SMARTS) is 1. The van der Waals surface area contributed by atoms with Crippen LogP contribution in [0.25, 0.3) is 11.0 Å². The van der Waals surface area contributed by atoms with Gasteiger partial charge in [0.05, 0.1) is 16.6 Å². The summed E-state index contributed by atoms with van der Waals surface area (Å²) < 4.78 is 7.16. The minimum atomic E-state index is -0.918. The second kappa shape index (κ2) is 6.05. The van der Waals surface area contributed by atoms with Crippen molar-refractivity contribution < 1.29 is 14.6 Å². The van der Waals surface area contributed by atoms with Crippen molar-refractivity contribution in [3.05, 3.63) is 29.6 Å². The number of aromatic nitrogens is 2. The molecule has 1 N–H and O–H groups in total. The lowest BCUT2D eigenvalue weighted by Crippen LogP contribution is -2.13. The van der Waals surface area contributed by atoms with E-state index in [2.05, 4.69) is 11.9 Å². The summed E-state index contributed by atoms with van der Waals surface area (Å²) in [5.74, 6) is -0.00403. The number of aryl methyl sites for hydroxylation is 1. The van der Waals surface area contributed by atoms with Gasteiger partial charge in [0, 0.05) is 26.2 Å². The number of rotatable bonds is 6. The Morgan fingerprint density at radius 1 is 1.50 bits per heavy atom. The van der Waals surface area contributed by atoms with Gasteiger partial charge in [0.25, 0.3) is 0 Å². The first-order chi connectivity index (χ1) is 9.60. The number of hydrogen-bond acceptors (Lipinski definition) is 3. The lowest BCUT2D eigenvalue weighted by Gasteiger charge is -2.17. The van der Waals surface area contributed by atoms with Crippen LogP contribution in [-0.2, 0) is 11.2 Å². The summed E-state index contributed by atoms with van der Waals surface area (Å²) in [6.45, 7) is 4.73. The lowest BCUT2D eigenvalue weighted by molar-refractivity contribution is 0.0698. The molecule has 0 aliphatic rings. The molecule has 1 unspecified atom stereocenters. The molecule has 20 heavy (non-hydrogen) atoms. The summed E-state index contributed by atoms with van der Waals surface area (Å²) in [4.78, 5) is 16.0. The smallest absolute Gasteiger partial charge is 0.337 e. The average Bonchev–Trinajstić information content (AvgIpc) is 2.82. The SMILES string of the molecule is CCc1nc2cccc(C(=O)O)c2n1C(C)CCOC. The van der Waals surface area contributed by atoms with E-state index < -0.39 is 5.97 Å². The Balaban J connectivity index is 2.62. The fourth-order valence-corrected chi connectivity index (χ4v) is 2.51. The zero-order valence-corrected chi connectivity index (χ0v) is 12.1. The molecule has 108 valence electrons. The number of carbonyl (C=O) groups is 1. The molecular weight excluding hydrogens is 256 g/mol. The van der Waals surface area contributed by atoms with Gasteiger partial charge in [-0.3, -0.25) is 0 Å². The third-order valence-electron chi connectivity index (χ3n) is 3.51. The third kappa shape index (κ3) is 2.54. The number of nitrogens with zero attached hydrogens (tertiary/aromatic N) is 2. The van der Waals surface area contributed by atoms with E-state index in [0.717, 1.165) is 24.2 Å². The van der Waals surface area contributed by atoms with Crippen LogP contribution in [0.5, 0.6) is 0 Å². The topological polar surface area (TPSA) is 64.3 Å². The van der Waals surface area contributed by atoms with Crippen LogP contribution in [-0.4, -0.2) is 34.3 Å². The van der Waals surface area contributed by atoms with Crippen molar-refractivity contribution in [1.29, 1.82) is 0 Å². The first kappa shape index (κ1) is 14.5. The van der Waals surface area contributed by atoms with E-state index in [0.29, 0.717) is 17.7 Å². The van der Waals surface area contributed by atoms with Crippen molar-refractivity contribution in [3.8, 4) is 0 Å². The van der Waals surface area contributed by atoms with E-state index in [1.54, 1.807) is 19.2 Å². The van der Waals surface area contributed by atoms with Crippen LogP contribution in [0.4, 0.5) is 0 Å². The highest BCUT2D eigenvalue weighted by molar-refractivity contribution is 6.01. The zero-order chi connectivity index (χ0) is 14.7. The van der Waals surface area contributed by atoms with E-state index in [9.17, 15) is 9.90 Å². The molecule has 2 rings (SSSR count). The maximum absolute atomic E-state index is 11.4. The van der Waals surface area contributed by atoms with Gasteiger partial charge in [-0.1, -0.05) is 13.0 Å². The number of ether oxygens (including phenoxy) is 1. The molecule has 0 aliphatic heterocycles. The van der Waals surface area contributed by atoms with Gasteiger partial charge in [-0.05, 0) is 25.5 Å². The highest BCUT2D eigenvalue weighted by atomic mass is 16.5. The maximum atomic E-state index is 11.4. The second-order valence-electron chi connectivity index (χ2n) is 4.86. The van der Waals surface area contributed by atoms with Crippen molar-refractivity contribution >= 4 is 17.0 Å². The molecule has 1 heterocycles. The van der Waals surface area contributed by atoms with Crippen molar-refractivity contribution in [2.75, 3.05) is 13.7 Å². The van der Waals surface area contributed by atoms with Crippen LogP contribution in [0.2, 0.25) is 0 Å². The van der Waals surface area contributed by atoms with E-state index in [1.165, 1.54) is 0 Å². The molecule has 0 saturated heterocycles. The van der Waals surface area contributed by atoms with Gasteiger partial charge in [0.1, 0.15) is 5.82 Å². The Bertz CT molecular complexity index is 619. The second-order valence-corrected chi connectivity index (χ2v) is 4.86. The Hall–Kier alpha value is -1.88. The standard InChI is InChI=1S/C15H20N2O3/c1-4-13-16-12-7-5-6-11(15(18)19)14(12)17(13)10(2)8-9-20-3/h5-7,10H,4,8-9H2,1-3H3,(H,18,19). The number of imidazole rings is 1. The number of benzene rings is 1. The number of hydrogen-bond donors (Lipinski definition) is 1. The first-order valence-corrected chi connectivity index (χ1v) is 6.82. The van der Waals surface area contributed by atoms with Crippen LogP contribution in [0.3, 0.4) is 0 Å².